The third-order valence-electron chi connectivity index (χ3n) is 3.79. The third-order valence-corrected chi connectivity index (χ3v) is 3.79. The Morgan fingerprint density at radius 3 is 2.57 bits per heavy atom. The van der Waals surface area contributed by atoms with Crippen LogP contribution in [-0.4, -0.2) is 38.3 Å². The molecule has 0 radical (unpaired) electrons. The van der Waals surface area contributed by atoms with Crippen LogP contribution >= 0.6 is 0 Å². The van der Waals surface area contributed by atoms with E-state index in [4.69, 9.17) is 4.74 Å². The second-order valence-corrected chi connectivity index (χ2v) is 7.55. The van der Waals surface area contributed by atoms with Gasteiger partial charge in [0.25, 0.3) is 0 Å². The van der Waals surface area contributed by atoms with Crippen LogP contribution in [0, 0.1) is 17.3 Å². The van der Waals surface area contributed by atoms with Crippen molar-refractivity contribution in [2.75, 3.05) is 26.2 Å². The van der Waals surface area contributed by atoms with E-state index in [2.05, 4.69) is 57.2 Å². The van der Waals surface area contributed by atoms with Gasteiger partial charge in [-0.1, -0.05) is 34.6 Å². The molecule has 0 amide bonds. The molecule has 124 valence electrons. The number of hydrogen-bond acceptors (Lipinski definition) is 2. The second kappa shape index (κ2) is 8.62. The van der Waals surface area contributed by atoms with E-state index in [0.29, 0.717) is 17.9 Å². The minimum Gasteiger partial charge on any atom is -0.377 e. The summed E-state index contributed by atoms with van der Waals surface area (Å²) in [5, 5.41) is 6.84. The van der Waals surface area contributed by atoms with Gasteiger partial charge in [0.2, 0.25) is 0 Å². The van der Waals surface area contributed by atoms with Gasteiger partial charge in [-0.3, -0.25) is 4.99 Å². The largest absolute Gasteiger partial charge is 0.377 e. The second-order valence-electron chi connectivity index (χ2n) is 7.55. The van der Waals surface area contributed by atoms with Gasteiger partial charge in [-0.05, 0) is 31.1 Å². The zero-order valence-electron chi connectivity index (χ0n) is 14.8. The Kier molecular flexibility index (Phi) is 7.50. The molecular weight excluding hydrogens is 262 g/mol. The molecule has 1 fully saturated rings. The van der Waals surface area contributed by atoms with Gasteiger partial charge in [-0.2, -0.15) is 0 Å². The summed E-state index contributed by atoms with van der Waals surface area (Å²) in [5.74, 6) is 2.08. The first kappa shape index (κ1) is 18.3. The molecule has 1 saturated heterocycles. The number of nitrogens with one attached hydrogen (secondary N) is 2. The summed E-state index contributed by atoms with van der Waals surface area (Å²) in [6, 6.07) is 0. The first-order valence-corrected chi connectivity index (χ1v) is 8.48. The predicted octanol–water partition coefficient (Wildman–Crippen LogP) is 3.04. The van der Waals surface area contributed by atoms with Crippen LogP contribution in [0.25, 0.3) is 0 Å². The molecule has 21 heavy (non-hydrogen) atoms. The molecule has 0 aliphatic carbocycles. The zero-order chi connectivity index (χ0) is 15.9. The molecule has 1 aliphatic rings. The first-order chi connectivity index (χ1) is 9.84. The molecule has 0 bridgehead atoms. The minimum atomic E-state index is 0.195. The molecule has 0 aromatic carbocycles. The van der Waals surface area contributed by atoms with Gasteiger partial charge < -0.3 is 15.4 Å². The molecule has 2 atom stereocenters. The van der Waals surface area contributed by atoms with Crippen LogP contribution < -0.4 is 10.6 Å². The molecule has 2 unspecified atom stereocenters. The number of ether oxygens (including phenoxy) is 1. The average molecular weight is 297 g/mol. The van der Waals surface area contributed by atoms with Gasteiger partial charge in [0, 0.05) is 32.2 Å². The molecule has 4 nitrogen and oxygen atoms in total. The third kappa shape index (κ3) is 6.68. The van der Waals surface area contributed by atoms with Gasteiger partial charge in [0.1, 0.15) is 0 Å². The Balaban J connectivity index is 2.58. The number of nitrogens with zero attached hydrogens (tertiary/aromatic N) is 1. The van der Waals surface area contributed by atoms with Crippen molar-refractivity contribution < 1.29 is 4.74 Å². The van der Waals surface area contributed by atoms with Crippen LogP contribution in [0.4, 0.5) is 0 Å². The number of hydrogen-bond donors (Lipinski definition) is 2. The van der Waals surface area contributed by atoms with Crippen molar-refractivity contribution >= 4 is 5.96 Å². The van der Waals surface area contributed by atoms with Crippen LogP contribution in [0.1, 0.15) is 54.4 Å². The molecular formula is C17H35N3O. The fourth-order valence-corrected chi connectivity index (χ4v) is 2.85. The molecule has 0 aromatic rings. The van der Waals surface area contributed by atoms with E-state index in [1.54, 1.807) is 0 Å². The lowest BCUT2D eigenvalue weighted by Gasteiger charge is -2.40. The minimum absolute atomic E-state index is 0.195. The van der Waals surface area contributed by atoms with Crippen LogP contribution in [-0.2, 0) is 4.74 Å². The highest BCUT2D eigenvalue weighted by Gasteiger charge is 2.35. The van der Waals surface area contributed by atoms with Crippen LogP contribution in [0.2, 0.25) is 0 Å². The van der Waals surface area contributed by atoms with Crippen molar-refractivity contribution in [2.45, 2.75) is 60.5 Å². The Morgan fingerprint density at radius 2 is 2.00 bits per heavy atom. The monoisotopic (exact) mass is 297 g/mol. The fraction of sp³-hybridized carbons (Fsp3) is 0.941. The van der Waals surface area contributed by atoms with E-state index < -0.39 is 0 Å². The lowest BCUT2D eigenvalue weighted by molar-refractivity contribution is -0.0835. The maximum Gasteiger partial charge on any atom is 0.191 e. The summed E-state index contributed by atoms with van der Waals surface area (Å²) in [5.41, 5.74) is 0.195. The molecule has 1 rings (SSSR count). The van der Waals surface area contributed by atoms with Crippen molar-refractivity contribution in [3.63, 3.8) is 0 Å². The summed E-state index contributed by atoms with van der Waals surface area (Å²) >= 11 is 0. The summed E-state index contributed by atoms with van der Waals surface area (Å²) in [6.45, 7) is 16.9. The molecule has 2 N–H and O–H groups in total. The molecule has 1 aliphatic heterocycles. The van der Waals surface area contributed by atoms with Crippen molar-refractivity contribution in [3.05, 3.63) is 0 Å². The first-order valence-electron chi connectivity index (χ1n) is 8.48. The molecule has 1 heterocycles. The van der Waals surface area contributed by atoms with E-state index in [1.807, 2.05) is 0 Å². The molecule has 0 saturated carbocycles. The van der Waals surface area contributed by atoms with Crippen molar-refractivity contribution in [1.29, 1.82) is 0 Å². The Labute approximate surface area is 131 Å². The summed E-state index contributed by atoms with van der Waals surface area (Å²) in [6.07, 6.45) is 2.73. The lowest BCUT2D eigenvalue weighted by Crippen LogP contribution is -2.47. The Bertz CT molecular complexity index is 320. The maximum atomic E-state index is 6.05. The number of aliphatic imine (C=N–C) groups is 1. The summed E-state index contributed by atoms with van der Waals surface area (Å²) in [4.78, 5) is 4.64. The maximum absolute atomic E-state index is 6.05. The van der Waals surface area contributed by atoms with Crippen molar-refractivity contribution in [3.8, 4) is 0 Å². The van der Waals surface area contributed by atoms with Crippen molar-refractivity contribution in [1.82, 2.24) is 10.6 Å². The smallest absolute Gasteiger partial charge is 0.191 e. The Hall–Kier alpha value is -0.770. The van der Waals surface area contributed by atoms with E-state index in [-0.39, 0.29) is 5.41 Å². The highest BCUT2D eigenvalue weighted by molar-refractivity contribution is 5.79. The molecule has 4 heteroatoms. The van der Waals surface area contributed by atoms with Gasteiger partial charge >= 0.3 is 0 Å². The average Bonchev–Trinajstić information content (AvgIpc) is 2.41. The lowest BCUT2D eigenvalue weighted by atomic mass is 9.78. The van der Waals surface area contributed by atoms with Crippen LogP contribution in [0.3, 0.4) is 0 Å². The standard InChI is InChI=1S/C17H35N3O/c1-7-18-16(19-11-13(2)3)20-12-14-9-8-10-21-15(14)17(4,5)6/h13-15H,7-12H2,1-6H3,(H2,18,19,20). The highest BCUT2D eigenvalue weighted by atomic mass is 16.5. The quantitative estimate of drug-likeness (QED) is 0.605. The van der Waals surface area contributed by atoms with Gasteiger partial charge in [0.15, 0.2) is 5.96 Å². The molecule has 0 aromatic heterocycles. The van der Waals surface area contributed by atoms with E-state index >= 15 is 0 Å². The SMILES string of the molecule is CCNC(=NCC(C)C)NCC1CCCOC1C(C)(C)C. The normalized spacial score (nSPS) is 24.2. The van der Waals surface area contributed by atoms with E-state index in [1.165, 1.54) is 12.8 Å². The van der Waals surface area contributed by atoms with E-state index in [9.17, 15) is 0 Å². The van der Waals surface area contributed by atoms with Crippen molar-refractivity contribution in [2.24, 2.45) is 22.2 Å². The predicted molar refractivity (Wildman–Crippen MR) is 90.7 cm³/mol. The molecule has 0 spiro atoms. The van der Waals surface area contributed by atoms with E-state index in [0.717, 1.165) is 32.2 Å². The van der Waals surface area contributed by atoms with Gasteiger partial charge in [-0.15, -0.1) is 0 Å². The summed E-state index contributed by atoms with van der Waals surface area (Å²) in [7, 11) is 0. The van der Waals surface area contributed by atoms with Crippen LogP contribution in [0.5, 0.6) is 0 Å². The summed E-state index contributed by atoms with van der Waals surface area (Å²) < 4.78 is 6.05. The number of guanidine groups is 1. The topological polar surface area (TPSA) is 45.7 Å². The fourth-order valence-electron chi connectivity index (χ4n) is 2.85. The zero-order valence-corrected chi connectivity index (χ0v) is 14.8. The highest BCUT2D eigenvalue weighted by Crippen LogP contribution is 2.33. The van der Waals surface area contributed by atoms with Crippen LogP contribution in [0.15, 0.2) is 4.99 Å². The number of rotatable bonds is 5. The van der Waals surface area contributed by atoms with Gasteiger partial charge in [0.05, 0.1) is 6.10 Å². The Morgan fingerprint density at radius 1 is 1.29 bits per heavy atom. The van der Waals surface area contributed by atoms with Gasteiger partial charge in [-0.25, -0.2) is 0 Å².